The molecular formula is C22H25N3O. The molecule has 0 heterocycles. The van der Waals surface area contributed by atoms with Crippen LogP contribution < -0.4 is 16.4 Å². The van der Waals surface area contributed by atoms with Gasteiger partial charge in [-0.15, -0.1) is 0 Å². The minimum atomic E-state index is 0.509. The fourth-order valence-electron chi connectivity index (χ4n) is 2.81. The highest BCUT2D eigenvalue weighted by Crippen LogP contribution is 2.27. The van der Waals surface area contributed by atoms with Crippen molar-refractivity contribution in [1.29, 1.82) is 0 Å². The van der Waals surface area contributed by atoms with Gasteiger partial charge in [0.2, 0.25) is 0 Å². The maximum Gasteiger partial charge on any atom is 0.0972 e. The lowest BCUT2D eigenvalue weighted by molar-refractivity contribution is 0.102. The number of hydrogen-bond donors (Lipinski definition) is 3. The van der Waals surface area contributed by atoms with E-state index in [1.165, 1.54) is 16.7 Å². The first-order chi connectivity index (χ1) is 12.8. The third kappa shape index (κ3) is 4.85. The van der Waals surface area contributed by atoms with E-state index in [1.54, 1.807) is 0 Å². The molecule has 0 aliphatic rings. The van der Waals surface area contributed by atoms with Gasteiger partial charge in [0.05, 0.1) is 13.3 Å². The van der Waals surface area contributed by atoms with E-state index in [0.717, 1.165) is 23.5 Å². The number of benzene rings is 3. The van der Waals surface area contributed by atoms with Crippen LogP contribution >= 0.6 is 0 Å². The molecule has 0 spiro atoms. The van der Waals surface area contributed by atoms with Crippen LogP contribution in [0.2, 0.25) is 0 Å². The molecule has 3 rings (SSSR count). The Morgan fingerprint density at radius 2 is 1.54 bits per heavy atom. The average molecular weight is 347 g/mol. The zero-order valence-corrected chi connectivity index (χ0v) is 15.0. The second-order valence-corrected chi connectivity index (χ2v) is 6.15. The van der Waals surface area contributed by atoms with Crippen molar-refractivity contribution >= 4 is 11.4 Å². The summed E-state index contributed by atoms with van der Waals surface area (Å²) < 4.78 is 5.64. The summed E-state index contributed by atoms with van der Waals surface area (Å²) in [4.78, 5) is 0. The molecular weight excluding hydrogens is 322 g/mol. The molecule has 0 fully saturated rings. The Kier molecular flexibility index (Phi) is 6.25. The lowest BCUT2D eigenvalue weighted by atomic mass is 10.0. The molecule has 0 unspecified atom stereocenters. The monoisotopic (exact) mass is 347 g/mol. The van der Waals surface area contributed by atoms with Crippen molar-refractivity contribution in [2.75, 3.05) is 24.8 Å². The standard InChI is InChI=1S/C22H25N3O/c1-24-22-5-3-2-4-21(22)19-10-6-17(7-11-19)14-25-16-26-15-18-8-12-20(23)13-9-18/h2-13,24-25H,14-16,23H2,1H3. The lowest BCUT2D eigenvalue weighted by Crippen LogP contribution is -2.17. The van der Waals surface area contributed by atoms with Crippen molar-refractivity contribution in [3.63, 3.8) is 0 Å². The highest BCUT2D eigenvalue weighted by Gasteiger charge is 2.03. The first-order valence-corrected chi connectivity index (χ1v) is 8.75. The van der Waals surface area contributed by atoms with E-state index in [0.29, 0.717) is 13.3 Å². The molecule has 0 aromatic heterocycles. The second-order valence-electron chi connectivity index (χ2n) is 6.15. The number of hydrogen-bond acceptors (Lipinski definition) is 4. The van der Waals surface area contributed by atoms with Crippen molar-refractivity contribution in [1.82, 2.24) is 5.32 Å². The van der Waals surface area contributed by atoms with Crippen LogP contribution in [0.4, 0.5) is 11.4 Å². The molecule has 134 valence electrons. The van der Waals surface area contributed by atoms with Crippen molar-refractivity contribution in [3.8, 4) is 11.1 Å². The molecule has 0 aliphatic carbocycles. The normalized spacial score (nSPS) is 10.7. The van der Waals surface area contributed by atoms with Crippen LogP contribution in [0.25, 0.3) is 11.1 Å². The van der Waals surface area contributed by atoms with Gasteiger partial charge in [-0.05, 0) is 34.9 Å². The number of ether oxygens (including phenoxy) is 1. The van der Waals surface area contributed by atoms with Gasteiger partial charge in [-0.2, -0.15) is 0 Å². The Hall–Kier alpha value is -2.82. The molecule has 4 nitrogen and oxygen atoms in total. The Balaban J connectivity index is 1.46. The molecule has 3 aromatic carbocycles. The summed E-state index contributed by atoms with van der Waals surface area (Å²) >= 11 is 0. The van der Waals surface area contributed by atoms with Gasteiger partial charge in [-0.25, -0.2) is 0 Å². The second kappa shape index (κ2) is 9.04. The minimum absolute atomic E-state index is 0.509. The third-order valence-electron chi connectivity index (χ3n) is 4.24. The molecule has 0 bridgehead atoms. The molecule has 4 heteroatoms. The zero-order chi connectivity index (χ0) is 18.2. The van der Waals surface area contributed by atoms with Crippen LogP contribution in [0, 0.1) is 0 Å². The summed E-state index contributed by atoms with van der Waals surface area (Å²) in [5.41, 5.74) is 12.3. The van der Waals surface area contributed by atoms with Crippen LogP contribution in [0.5, 0.6) is 0 Å². The fourth-order valence-corrected chi connectivity index (χ4v) is 2.81. The van der Waals surface area contributed by atoms with Crippen molar-refractivity contribution in [2.24, 2.45) is 0 Å². The van der Waals surface area contributed by atoms with Crippen molar-refractivity contribution in [2.45, 2.75) is 13.2 Å². The Morgan fingerprint density at radius 3 is 2.27 bits per heavy atom. The number of nitrogens with two attached hydrogens (primary N) is 1. The highest BCUT2D eigenvalue weighted by atomic mass is 16.5. The van der Waals surface area contributed by atoms with Gasteiger partial charge in [-0.3, -0.25) is 5.32 Å². The fraction of sp³-hybridized carbons (Fsp3) is 0.182. The maximum absolute atomic E-state index is 5.67. The quantitative estimate of drug-likeness (QED) is 0.324. The summed E-state index contributed by atoms with van der Waals surface area (Å²) in [5, 5.41) is 6.54. The summed E-state index contributed by atoms with van der Waals surface area (Å²) in [6.45, 7) is 1.86. The van der Waals surface area contributed by atoms with Crippen LogP contribution in [0.15, 0.2) is 72.8 Å². The lowest BCUT2D eigenvalue weighted by Gasteiger charge is -2.10. The van der Waals surface area contributed by atoms with E-state index in [-0.39, 0.29) is 0 Å². The van der Waals surface area contributed by atoms with Gasteiger partial charge >= 0.3 is 0 Å². The summed E-state index contributed by atoms with van der Waals surface area (Å²) in [6, 6.07) is 24.7. The molecule has 0 saturated carbocycles. The molecule has 0 aliphatic heterocycles. The average Bonchev–Trinajstić information content (AvgIpc) is 2.69. The number of nitrogen functional groups attached to an aromatic ring is 1. The van der Waals surface area contributed by atoms with E-state index in [1.807, 2.05) is 37.4 Å². The van der Waals surface area contributed by atoms with E-state index < -0.39 is 0 Å². The topological polar surface area (TPSA) is 59.3 Å². The SMILES string of the molecule is CNc1ccccc1-c1ccc(CNCOCc2ccc(N)cc2)cc1. The zero-order valence-electron chi connectivity index (χ0n) is 15.0. The van der Waals surface area contributed by atoms with Gasteiger partial charge in [0, 0.05) is 30.5 Å². The summed E-state index contributed by atoms with van der Waals surface area (Å²) in [5.74, 6) is 0. The Bertz CT molecular complexity index is 814. The number of anilines is 2. The van der Waals surface area contributed by atoms with E-state index in [2.05, 4.69) is 53.1 Å². The van der Waals surface area contributed by atoms with Crippen LogP contribution in [-0.2, 0) is 17.9 Å². The number of rotatable bonds is 8. The Labute approximate surface area is 155 Å². The predicted octanol–water partition coefficient (Wildman–Crippen LogP) is 4.24. The van der Waals surface area contributed by atoms with Gasteiger partial charge in [0.15, 0.2) is 0 Å². The Morgan fingerprint density at radius 1 is 0.846 bits per heavy atom. The van der Waals surface area contributed by atoms with Crippen molar-refractivity contribution < 1.29 is 4.74 Å². The first-order valence-electron chi connectivity index (χ1n) is 8.75. The van der Waals surface area contributed by atoms with Gasteiger partial charge in [0.25, 0.3) is 0 Å². The van der Waals surface area contributed by atoms with Crippen LogP contribution in [-0.4, -0.2) is 13.8 Å². The van der Waals surface area contributed by atoms with Crippen LogP contribution in [0.1, 0.15) is 11.1 Å². The molecule has 0 radical (unpaired) electrons. The largest absolute Gasteiger partial charge is 0.399 e. The third-order valence-corrected chi connectivity index (χ3v) is 4.24. The smallest absolute Gasteiger partial charge is 0.0972 e. The molecule has 3 aromatic rings. The highest BCUT2D eigenvalue weighted by molar-refractivity contribution is 5.77. The van der Waals surface area contributed by atoms with Crippen LogP contribution in [0.3, 0.4) is 0 Å². The van der Waals surface area contributed by atoms with E-state index in [9.17, 15) is 0 Å². The summed E-state index contributed by atoms with van der Waals surface area (Å²) in [7, 11) is 1.95. The molecule has 0 saturated heterocycles. The minimum Gasteiger partial charge on any atom is -0.399 e. The molecule has 0 atom stereocenters. The number of para-hydroxylation sites is 1. The van der Waals surface area contributed by atoms with E-state index >= 15 is 0 Å². The molecule has 26 heavy (non-hydrogen) atoms. The summed E-state index contributed by atoms with van der Waals surface area (Å²) in [6.07, 6.45) is 0. The first kappa shape index (κ1) is 18.0. The predicted molar refractivity (Wildman–Crippen MR) is 109 cm³/mol. The molecule has 4 N–H and O–H groups in total. The molecule has 0 amide bonds. The van der Waals surface area contributed by atoms with Gasteiger partial charge in [-0.1, -0.05) is 54.6 Å². The maximum atomic E-state index is 5.67. The number of nitrogens with one attached hydrogen (secondary N) is 2. The van der Waals surface area contributed by atoms with E-state index in [4.69, 9.17) is 10.5 Å². The van der Waals surface area contributed by atoms with Gasteiger partial charge < -0.3 is 15.8 Å². The van der Waals surface area contributed by atoms with Gasteiger partial charge in [0.1, 0.15) is 0 Å². The van der Waals surface area contributed by atoms with Crippen molar-refractivity contribution in [3.05, 3.63) is 83.9 Å².